The van der Waals surface area contributed by atoms with Gasteiger partial charge >= 0.3 is 0 Å². The summed E-state index contributed by atoms with van der Waals surface area (Å²) >= 11 is 0. The molecule has 0 amide bonds. The van der Waals surface area contributed by atoms with Crippen LogP contribution in [0.25, 0.3) is 43.9 Å². The number of aromatic nitrogens is 1. The Hall–Kier alpha value is -4.49. The van der Waals surface area contributed by atoms with Crippen molar-refractivity contribution in [3.05, 3.63) is 149 Å². The lowest BCUT2D eigenvalue weighted by atomic mass is 9.78. The van der Waals surface area contributed by atoms with Gasteiger partial charge in [-0.05, 0) is 86.2 Å². The molecule has 0 saturated carbocycles. The molecule has 0 aliphatic heterocycles. The van der Waals surface area contributed by atoms with E-state index in [4.69, 9.17) is 4.98 Å². The second-order valence-electron chi connectivity index (χ2n) is 12.7. The monoisotopic (exact) mass is 541 g/mol. The van der Waals surface area contributed by atoms with E-state index in [0.717, 1.165) is 18.4 Å². The highest BCUT2D eigenvalue weighted by molar-refractivity contribution is 6.14. The molecule has 3 aliphatic carbocycles. The Morgan fingerprint density at radius 3 is 2.36 bits per heavy atom. The fraction of sp³-hybridized carbons (Fsp3) is 0.195. The Labute approximate surface area is 248 Å². The minimum absolute atomic E-state index is 0.0403. The molecule has 8 rings (SSSR count). The first-order valence-corrected chi connectivity index (χ1v) is 15.3. The lowest BCUT2D eigenvalue weighted by Crippen LogP contribution is -2.17. The Bertz CT molecular complexity index is 1960. The van der Waals surface area contributed by atoms with Crippen LogP contribution in [0.5, 0.6) is 0 Å². The maximum absolute atomic E-state index is 4.96. The van der Waals surface area contributed by atoms with Crippen molar-refractivity contribution in [2.45, 2.75) is 44.9 Å². The minimum atomic E-state index is 0.0403. The summed E-state index contributed by atoms with van der Waals surface area (Å²) < 4.78 is 0. The molecule has 1 aromatic heterocycles. The number of nitrogens with zero attached hydrogens (tertiary/aromatic N) is 1. The van der Waals surface area contributed by atoms with Crippen LogP contribution in [0, 0.1) is 5.92 Å². The second kappa shape index (κ2) is 9.53. The highest BCUT2D eigenvalue weighted by Gasteiger charge is 2.39. The molecule has 2 unspecified atom stereocenters. The standard InChI is InChI=1S/C41H35N/c1-26-11-9-17-35-37(26)33-23-22-30(25-36(33)41(35,2)3)27-18-20-29(21-19-27)38-31-14-7-8-15-32(31)39(28-12-5-4-6-13-28)40-34(38)16-10-24-42-40/h4-10,12-20,22-26,29H,11,21H2,1-3H3. The van der Waals surface area contributed by atoms with Gasteiger partial charge in [0.05, 0.1) is 5.52 Å². The van der Waals surface area contributed by atoms with Crippen molar-refractivity contribution in [3.63, 3.8) is 0 Å². The first-order chi connectivity index (χ1) is 20.5. The molecule has 0 bridgehead atoms. The fourth-order valence-electron chi connectivity index (χ4n) is 7.82. The molecular formula is C41H35N. The second-order valence-corrected chi connectivity index (χ2v) is 12.7. The molecule has 0 saturated heterocycles. The summed E-state index contributed by atoms with van der Waals surface area (Å²) in [5, 5.41) is 3.84. The third-order valence-electron chi connectivity index (χ3n) is 9.90. The van der Waals surface area contributed by atoms with Gasteiger partial charge in [-0.2, -0.15) is 0 Å². The van der Waals surface area contributed by atoms with E-state index in [0.29, 0.717) is 11.8 Å². The smallest absolute Gasteiger partial charge is 0.0789 e. The molecule has 0 radical (unpaired) electrons. The van der Waals surface area contributed by atoms with E-state index in [-0.39, 0.29) is 5.41 Å². The van der Waals surface area contributed by atoms with E-state index in [1.807, 2.05) is 6.20 Å². The Balaban J connectivity index is 1.20. The third kappa shape index (κ3) is 3.73. The number of pyridine rings is 1. The molecule has 42 heavy (non-hydrogen) atoms. The van der Waals surface area contributed by atoms with Gasteiger partial charge in [0.2, 0.25) is 0 Å². The highest BCUT2D eigenvalue weighted by Crippen LogP contribution is 2.52. The summed E-state index contributed by atoms with van der Waals surface area (Å²) in [6, 6.07) is 31.1. The van der Waals surface area contributed by atoms with Gasteiger partial charge in [-0.15, -0.1) is 0 Å². The number of fused-ring (bicyclic) bond motifs is 4. The van der Waals surface area contributed by atoms with Crippen LogP contribution >= 0.6 is 0 Å². The Morgan fingerprint density at radius 1 is 0.762 bits per heavy atom. The molecule has 204 valence electrons. The zero-order valence-electron chi connectivity index (χ0n) is 24.6. The van der Waals surface area contributed by atoms with Crippen LogP contribution in [0.1, 0.15) is 61.8 Å². The van der Waals surface area contributed by atoms with Gasteiger partial charge in [0.1, 0.15) is 0 Å². The molecule has 0 N–H and O–H groups in total. The molecule has 2 atom stereocenters. The molecule has 1 heterocycles. The average molecular weight is 542 g/mol. The van der Waals surface area contributed by atoms with Crippen molar-refractivity contribution in [2.24, 2.45) is 5.92 Å². The average Bonchev–Trinajstić information content (AvgIpc) is 3.27. The van der Waals surface area contributed by atoms with Crippen LogP contribution in [0.3, 0.4) is 0 Å². The number of hydrogen-bond acceptors (Lipinski definition) is 1. The number of allylic oxidation sites excluding steroid dienone is 8. The number of benzene rings is 4. The zero-order valence-corrected chi connectivity index (χ0v) is 24.6. The van der Waals surface area contributed by atoms with Crippen molar-refractivity contribution in [1.29, 1.82) is 0 Å². The van der Waals surface area contributed by atoms with E-state index in [2.05, 4.69) is 136 Å². The zero-order chi connectivity index (χ0) is 28.4. The lowest BCUT2D eigenvalue weighted by Gasteiger charge is -2.26. The first kappa shape index (κ1) is 25.2. The van der Waals surface area contributed by atoms with Gasteiger partial charge in [0, 0.05) is 28.5 Å². The van der Waals surface area contributed by atoms with Gasteiger partial charge in [-0.1, -0.05) is 124 Å². The van der Waals surface area contributed by atoms with Crippen molar-refractivity contribution in [1.82, 2.24) is 4.98 Å². The quantitative estimate of drug-likeness (QED) is 0.207. The van der Waals surface area contributed by atoms with Crippen LogP contribution in [0.15, 0.2) is 127 Å². The molecule has 5 aromatic rings. The third-order valence-corrected chi connectivity index (χ3v) is 9.90. The summed E-state index contributed by atoms with van der Waals surface area (Å²) in [5.41, 5.74) is 13.6. The van der Waals surface area contributed by atoms with Gasteiger partial charge < -0.3 is 0 Å². The molecule has 0 spiro atoms. The summed E-state index contributed by atoms with van der Waals surface area (Å²) in [5.74, 6) is 0.874. The van der Waals surface area contributed by atoms with Crippen LogP contribution in [0.2, 0.25) is 0 Å². The van der Waals surface area contributed by atoms with Crippen LogP contribution < -0.4 is 0 Å². The number of hydrogen-bond donors (Lipinski definition) is 0. The minimum Gasteiger partial charge on any atom is -0.256 e. The molecule has 1 heteroatoms. The fourth-order valence-corrected chi connectivity index (χ4v) is 7.82. The lowest BCUT2D eigenvalue weighted by molar-refractivity contribution is 0.643. The predicted molar refractivity (Wildman–Crippen MR) is 178 cm³/mol. The van der Waals surface area contributed by atoms with Gasteiger partial charge in [0.15, 0.2) is 0 Å². The van der Waals surface area contributed by atoms with Crippen LogP contribution in [-0.2, 0) is 5.41 Å². The molecule has 3 aliphatic rings. The van der Waals surface area contributed by atoms with E-state index in [1.54, 1.807) is 5.57 Å². The van der Waals surface area contributed by atoms with E-state index in [1.165, 1.54) is 60.7 Å². The summed E-state index contributed by atoms with van der Waals surface area (Å²) in [7, 11) is 0. The molecule has 4 aromatic carbocycles. The molecular weight excluding hydrogens is 506 g/mol. The van der Waals surface area contributed by atoms with E-state index in [9.17, 15) is 0 Å². The van der Waals surface area contributed by atoms with Crippen molar-refractivity contribution in [2.75, 3.05) is 0 Å². The molecule has 1 nitrogen and oxygen atoms in total. The SMILES string of the molecule is CC1CC=CC2=C1c1ccc(C3=CCC(c4c5ccccc5c(-c5ccccc5)c5ncccc45)C=C3)cc1C2(C)C. The van der Waals surface area contributed by atoms with Crippen molar-refractivity contribution < 1.29 is 0 Å². The summed E-state index contributed by atoms with van der Waals surface area (Å²) in [4.78, 5) is 4.96. The van der Waals surface area contributed by atoms with Crippen LogP contribution in [0.4, 0.5) is 0 Å². The van der Waals surface area contributed by atoms with Crippen molar-refractivity contribution in [3.8, 4) is 11.1 Å². The summed E-state index contributed by atoms with van der Waals surface area (Å²) in [6.07, 6.45) is 16.0. The van der Waals surface area contributed by atoms with Gasteiger partial charge in [-0.3, -0.25) is 4.98 Å². The maximum Gasteiger partial charge on any atom is 0.0789 e. The van der Waals surface area contributed by atoms with E-state index < -0.39 is 0 Å². The van der Waals surface area contributed by atoms with E-state index >= 15 is 0 Å². The highest BCUT2D eigenvalue weighted by atomic mass is 14.7. The van der Waals surface area contributed by atoms with Crippen molar-refractivity contribution >= 4 is 32.8 Å². The predicted octanol–water partition coefficient (Wildman–Crippen LogP) is 10.8. The summed E-state index contributed by atoms with van der Waals surface area (Å²) in [6.45, 7) is 7.16. The number of rotatable bonds is 3. The van der Waals surface area contributed by atoms with Gasteiger partial charge in [0.25, 0.3) is 0 Å². The Morgan fingerprint density at radius 2 is 1.55 bits per heavy atom. The normalized spacial score (nSPS) is 20.6. The Kier molecular flexibility index (Phi) is 5.73. The maximum atomic E-state index is 4.96. The van der Waals surface area contributed by atoms with Gasteiger partial charge in [-0.25, -0.2) is 0 Å². The first-order valence-electron chi connectivity index (χ1n) is 15.3. The van der Waals surface area contributed by atoms with Crippen LogP contribution in [-0.4, -0.2) is 4.98 Å². The topological polar surface area (TPSA) is 12.9 Å². The molecule has 0 fully saturated rings. The largest absolute Gasteiger partial charge is 0.256 e.